The van der Waals surface area contributed by atoms with Crippen molar-refractivity contribution in [1.82, 2.24) is 15.0 Å². The van der Waals surface area contributed by atoms with Gasteiger partial charge < -0.3 is 15.2 Å². The molecule has 0 atom stereocenters. The second kappa shape index (κ2) is 7.98. The van der Waals surface area contributed by atoms with E-state index in [1.54, 1.807) is 24.4 Å². The van der Waals surface area contributed by atoms with Gasteiger partial charge in [-0.3, -0.25) is 14.6 Å². The Bertz CT molecular complexity index is 1040. The normalized spacial score (nSPS) is 15.0. The smallest absolute Gasteiger partial charge is 0.250 e. The van der Waals surface area contributed by atoms with E-state index in [-0.39, 0.29) is 17.6 Å². The monoisotopic (exact) mass is 396 g/mol. The van der Waals surface area contributed by atoms with E-state index in [0.29, 0.717) is 66.7 Å². The minimum Gasteiger partial charge on any atom is -0.366 e. The van der Waals surface area contributed by atoms with E-state index in [2.05, 4.69) is 10.1 Å². The maximum absolute atomic E-state index is 13.5. The van der Waals surface area contributed by atoms with Gasteiger partial charge >= 0.3 is 0 Å². The average molecular weight is 396 g/mol. The third-order valence-electron chi connectivity index (χ3n) is 5.38. The highest BCUT2D eigenvalue weighted by Gasteiger charge is 2.27. The van der Waals surface area contributed by atoms with Crippen LogP contribution in [0.15, 0.2) is 41.1 Å². The lowest BCUT2D eigenvalue weighted by Crippen LogP contribution is -2.38. The van der Waals surface area contributed by atoms with E-state index in [1.807, 2.05) is 4.90 Å². The highest BCUT2D eigenvalue weighted by atomic mass is 19.1. The van der Waals surface area contributed by atoms with Crippen LogP contribution in [0.5, 0.6) is 0 Å². The number of piperidine rings is 1. The Balaban J connectivity index is 1.47. The molecule has 0 radical (unpaired) electrons. The van der Waals surface area contributed by atoms with Gasteiger partial charge in [0.25, 0.3) is 5.91 Å². The largest absolute Gasteiger partial charge is 0.366 e. The summed E-state index contributed by atoms with van der Waals surface area (Å²) in [6, 6.07) is 7.65. The zero-order valence-electron chi connectivity index (χ0n) is 15.8. The number of hydrogen-bond acceptors (Lipinski definition) is 5. The number of carbonyl (C=O) groups excluding carboxylic acids is 2. The highest BCUT2D eigenvalue weighted by molar-refractivity contribution is 5.97. The highest BCUT2D eigenvalue weighted by Crippen LogP contribution is 2.31. The number of fused-ring (bicyclic) bond motifs is 1. The molecule has 0 saturated carbocycles. The first kappa shape index (κ1) is 19.0. The molecule has 2 N–H and O–H groups in total. The van der Waals surface area contributed by atoms with Crippen molar-refractivity contribution in [3.05, 3.63) is 59.4 Å². The van der Waals surface area contributed by atoms with Crippen LogP contribution >= 0.6 is 0 Å². The quantitative estimate of drug-likeness (QED) is 0.714. The predicted molar refractivity (Wildman–Crippen MR) is 104 cm³/mol. The Morgan fingerprint density at radius 2 is 2.00 bits per heavy atom. The standard InChI is InChI=1S/C21H21FN4O3/c22-15-1-3-18-14(11-15)12-17(21(23)28)20(25-18)13-6-9-26(10-7-13)19(27)4-2-16-5-8-24-29-16/h1,3,5,8,11-13H,2,4,6-7,9-10H2,(H2,23,28). The van der Waals surface area contributed by atoms with E-state index in [1.165, 1.54) is 12.1 Å². The minimum atomic E-state index is -0.579. The molecule has 3 heterocycles. The molecular weight excluding hydrogens is 375 g/mol. The van der Waals surface area contributed by atoms with Crippen LogP contribution < -0.4 is 5.73 Å². The molecule has 1 fully saturated rings. The van der Waals surface area contributed by atoms with E-state index in [9.17, 15) is 14.0 Å². The summed E-state index contributed by atoms with van der Waals surface area (Å²) < 4.78 is 18.5. The van der Waals surface area contributed by atoms with Gasteiger partial charge in [-0.05, 0) is 37.1 Å². The molecule has 0 aliphatic carbocycles. The first-order chi connectivity index (χ1) is 14.0. The zero-order valence-corrected chi connectivity index (χ0v) is 15.8. The summed E-state index contributed by atoms with van der Waals surface area (Å²) >= 11 is 0. The zero-order chi connectivity index (χ0) is 20.4. The fourth-order valence-corrected chi connectivity index (χ4v) is 3.83. The van der Waals surface area contributed by atoms with Crippen LogP contribution in [0.2, 0.25) is 0 Å². The number of carbonyl (C=O) groups is 2. The molecule has 0 bridgehead atoms. The van der Waals surface area contributed by atoms with Crippen molar-refractivity contribution in [3.8, 4) is 0 Å². The van der Waals surface area contributed by atoms with Gasteiger partial charge in [-0.15, -0.1) is 0 Å². The third kappa shape index (κ3) is 4.11. The van der Waals surface area contributed by atoms with Crippen LogP contribution in [0.3, 0.4) is 0 Å². The number of rotatable bonds is 5. The minimum absolute atomic E-state index is 0.0188. The molecule has 0 unspecified atom stereocenters. The molecule has 150 valence electrons. The fraction of sp³-hybridized carbons (Fsp3) is 0.333. The summed E-state index contributed by atoms with van der Waals surface area (Å²) in [6.45, 7) is 1.17. The van der Waals surface area contributed by atoms with Crippen molar-refractivity contribution >= 4 is 22.7 Å². The Morgan fingerprint density at radius 3 is 2.69 bits per heavy atom. The summed E-state index contributed by atoms with van der Waals surface area (Å²) in [7, 11) is 0. The molecule has 3 aromatic rings. The number of primary amides is 1. The Morgan fingerprint density at radius 1 is 1.21 bits per heavy atom. The van der Waals surface area contributed by atoms with Gasteiger partial charge in [0.2, 0.25) is 5.91 Å². The number of nitrogens with zero attached hydrogens (tertiary/aromatic N) is 3. The van der Waals surface area contributed by atoms with Crippen LogP contribution in [0.25, 0.3) is 10.9 Å². The third-order valence-corrected chi connectivity index (χ3v) is 5.38. The summed E-state index contributed by atoms with van der Waals surface area (Å²) in [5.41, 5.74) is 7.13. The van der Waals surface area contributed by atoms with E-state index < -0.39 is 5.91 Å². The number of hydrogen-bond donors (Lipinski definition) is 1. The summed E-state index contributed by atoms with van der Waals surface area (Å²) in [5.74, 6) is -0.192. The molecule has 8 heteroatoms. The van der Waals surface area contributed by atoms with Gasteiger partial charge in [-0.2, -0.15) is 0 Å². The molecular formula is C21H21FN4O3. The van der Waals surface area contributed by atoms with Gasteiger partial charge in [0, 0.05) is 43.3 Å². The number of halogens is 1. The van der Waals surface area contributed by atoms with Gasteiger partial charge in [0.1, 0.15) is 11.6 Å². The molecule has 2 aromatic heterocycles. The Kier molecular flexibility index (Phi) is 5.24. The number of nitrogens with two attached hydrogens (primary N) is 1. The number of aromatic nitrogens is 2. The SMILES string of the molecule is NC(=O)c1cc2cc(F)ccc2nc1C1CCN(C(=O)CCc2ccno2)CC1. The maximum atomic E-state index is 13.5. The summed E-state index contributed by atoms with van der Waals surface area (Å²) in [5, 5.41) is 4.18. The first-order valence-electron chi connectivity index (χ1n) is 9.58. The lowest BCUT2D eigenvalue weighted by molar-refractivity contribution is -0.132. The van der Waals surface area contributed by atoms with Crippen molar-refractivity contribution in [2.75, 3.05) is 13.1 Å². The van der Waals surface area contributed by atoms with Crippen LogP contribution in [0.4, 0.5) is 4.39 Å². The summed E-state index contributed by atoms with van der Waals surface area (Å²) in [6.07, 6.45) is 3.83. The second-order valence-corrected chi connectivity index (χ2v) is 7.26. The first-order valence-corrected chi connectivity index (χ1v) is 9.58. The van der Waals surface area contributed by atoms with Crippen LogP contribution in [0.1, 0.15) is 47.0 Å². The average Bonchev–Trinajstić information content (AvgIpc) is 3.24. The van der Waals surface area contributed by atoms with Crippen molar-refractivity contribution in [3.63, 3.8) is 0 Å². The number of pyridine rings is 1. The number of amides is 2. The molecule has 1 aliphatic heterocycles. The lowest BCUT2D eigenvalue weighted by atomic mass is 9.89. The van der Waals surface area contributed by atoms with Crippen molar-refractivity contribution in [2.24, 2.45) is 5.73 Å². The molecule has 1 aromatic carbocycles. The molecule has 4 rings (SSSR count). The number of aryl methyl sites for hydroxylation is 1. The van der Waals surface area contributed by atoms with Gasteiger partial charge in [0.15, 0.2) is 0 Å². The molecule has 1 saturated heterocycles. The van der Waals surface area contributed by atoms with Crippen molar-refractivity contribution in [2.45, 2.75) is 31.6 Å². The molecule has 29 heavy (non-hydrogen) atoms. The lowest BCUT2D eigenvalue weighted by Gasteiger charge is -2.32. The predicted octanol–water partition coefficient (Wildman–Crippen LogP) is 2.80. The van der Waals surface area contributed by atoms with Crippen molar-refractivity contribution in [1.29, 1.82) is 0 Å². The van der Waals surface area contributed by atoms with E-state index in [4.69, 9.17) is 10.3 Å². The Hall–Kier alpha value is -3.29. The molecule has 0 spiro atoms. The summed E-state index contributed by atoms with van der Waals surface area (Å²) in [4.78, 5) is 30.9. The molecule has 2 amide bonds. The fourth-order valence-electron chi connectivity index (χ4n) is 3.83. The molecule has 1 aliphatic rings. The van der Waals surface area contributed by atoms with E-state index in [0.717, 1.165) is 0 Å². The topological polar surface area (TPSA) is 102 Å². The van der Waals surface area contributed by atoms with Crippen molar-refractivity contribution < 1.29 is 18.5 Å². The van der Waals surface area contributed by atoms with E-state index >= 15 is 0 Å². The number of benzene rings is 1. The van der Waals surface area contributed by atoms with Crippen LogP contribution in [-0.2, 0) is 11.2 Å². The van der Waals surface area contributed by atoms with Gasteiger partial charge in [-0.25, -0.2) is 4.39 Å². The second-order valence-electron chi connectivity index (χ2n) is 7.26. The van der Waals surface area contributed by atoms with Gasteiger partial charge in [-0.1, -0.05) is 5.16 Å². The van der Waals surface area contributed by atoms with Crippen LogP contribution in [-0.4, -0.2) is 39.9 Å². The van der Waals surface area contributed by atoms with Crippen LogP contribution in [0, 0.1) is 5.82 Å². The number of likely N-dealkylation sites (tertiary alicyclic amines) is 1. The Labute approximate surface area is 166 Å². The van der Waals surface area contributed by atoms with Gasteiger partial charge in [0.05, 0.1) is 23.0 Å². The maximum Gasteiger partial charge on any atom is 0.250 e. The molecule has 7 nitrogen and oxygen atoms in total.